The van der Waals surface area contributed by atoms with E-state index in [1.165, 1.54) is 18.5 Å². The number of rotatable bonds is 8. The molecule has 3 rings (SSSR count). The number of hydrogen-bond donors (Lipinski definition) is 2. The summed E-state index contributed by atoms with van der Waals surface area (Å²) in [5, 5.41) is 18.3. The maximum atomic E-state index is 12.5. The number of aliphatic hydroxyl groups is 1. The quantitative estimate of drug-likeness (QED) is 0.568. The van der Waals surface area contributed by atoms with E-state index in [4.69, 9.17) is 10.5 Å². The molecule has 3 aromatic heterocycles. The molecule has 3 N–H and O–H groups in total. The van der Waals surface area contributed by atoms with Crippen molar-refractivity contribution >= 4 is 5.91 Å². The van der Waals surface area contributed by atoms with Crippen molar-refractivity contribution in [2.24, 2.45) is 5.73 Å². The molecule has 0 aliphatic heterocycles. The minimum atomic E-state index is -1.01. The summed E-state index contributed by atoms with van der Waals surface area (Å²) in [6, 6.07) is 5.30. The number of carbonyl (C=O) groups excluding carboxylic acids is 1. The van der Waals surface area contributed by atoms with Crippen molar-refractivity contribution in [1.29, 1.82) is 0 Å². The van der Waals surface area contributed by atoms with E-state index in [1.807, 2.05) is 0 Å². The van der Waals surface area contributed by atoms with Gasteiger partial charge in [-0.05, 0) is 32.0 Å². The number of hydrogen-bond acceptors (Lipinski definition) is 7. The van der Waals surface area contributed by atoms with Gasteiger partial charge >= 0.3 is 0 Å². The molecule has 0 saturated heterocycles. The number of amides is 1. The monoisotopic (exact) mass is 398 g/mol. The number of ether oxygens (including phenoxy) is 1. The molecule has 0 fully saturated rings. The summed E-state index contributed by atoms with van der Waals surface area (Å²) in [7, 11) is 0. The van der Waals surface area contributed by atoms with Crippen molar-refractivity contribution in [3.8, 4) is 11.5 Å². The number of nitrogens with zero attached hydrogens (tertiary/aromatic N) is 5. The van der Waals surface area contributed by atoms with Gasteiger partial charge in [-0.15, -0.1) is 0 Å². The van der Waals surface area contributed by atoms with Gasteiger partial charge in [0.05, 0.1) is 30.2 Å². The number of carbonyl (C=O) groups is 1. The van der Waals surface area contributed by atoms with Gasteiger partial charge < -0.3 is 15.6 Å². The molecule has 10 heteroatoms. The van der Waals surface area contributed by atoms with E-state index in [2.05, 4.69) is 15.2 Å². The predicted molar refractivity (Wildman–Crippen MR) is 103 cm³/mol. The highest BCUT2D eigenvalue weighted by atomic mass is 16.5. The smallest absolute Gasteiger partial charge is 0.271 e. The molecular weight excluding hydrogens is 376 g/mol. The lowest BCUT2D eigenvalue weighted by molar-refractivity contribution is -0.121. The van der Waals surface area contributed by atoms with Gasteiger partial charge in [0.25, 0.3) is 5.56 Å². The minimum Gasteiger partial charge on any atom is -0.454 e. The first-order valence-electron chi connectivity index (χ1n) is 8.92. The van der Waals surface area contributed by atoms with Crippen LogP contribution >= 0.6 is 0 Å². The van der Waals surface area contributed by atoms with Gasteiger partial charge in [-0.2, -0.15) is 10.2 Å². The molecule has 3 heterocycles. The molecule has 152 valence electrons. The van der Waals surface area contributed by atoms with E-state index >= 15 is 0 Å². The summed E-state index contributed by atoms with van der Waals surface area (Å²) in [6.07, 6.45) is 6.21. The van der Waals surface area contributed by atoms with E-state index < -0.39 is 23.1 Å². The summed E-state index contributed by atoms with van der Waals surface area (Å²) in [5.74, 6) is -0.0373. The number of pyridine rings is 1. The average molecular weight is 398 g/mol. The molecule has 29 heavy (non-hydrogen) atoms. The fraction of sp³-hybridized carbons (Fsp3) is 0.316. The third-order valence-electron chi connectivity index (χ3n) is 3.94. The molecule has 0 saturated carbocycles. The van der Waals surface area contributed by atoms with E-state index in [0.717, 1.165) is 4.68 Å². The van der Waals surface area contributed by atoms with Crippen LogP contribution in [0.15, 0.2) is 53.8 Å². The maximum absolute atomic E-state index is 12.5. The molecule has 0 radical (unpaired) electrons. The third-order valence-corrected chi connectivity index (χ3v) is 3.94. The SMILES string of the molecule is CC(C)(O)Cn1ccc(CC(C(N)=O)n2ncc(Oc3cccnc3)cc2=O)n1. The molecule has 3 aromatic rings. The van der Waals surface area contributed by atoms with E-state index in [-0.39, 0.29) is 18.7 Å². The summed E-state index contributed by atoms with van der Waals surface area (Å²) in [6.45, 7) is 3.62. The van der Waals surface area contributed by atoms with Crippen LogP contribution in [-0.2, 0) is 17.8 Å². The zero-order valence-corrected chi connectivity index (χ0v) is 16.1. The zero-order chi connectivity index (χ0) is 21.0. The Kier molecular flexibility index (Phi) is 5.74. The van der Waals surface area contributed by atoms with Gasteiger partial charge in [-0.3, -0.25) is 19.3 Å². The van der Waals surface area contributed by atoms with Crippen LogP contribution in [0.4, 0.5) is 0 Å². The maximum Gasteiger partial charge on any atom is 0.271 e. The lowest BCUT2D eigenvalue weighted by atomic mass is 10.1. The van der Waals surface area contributed by atoms with Crippen LogP contribution in [0.5, 0.6) is 11.5 Å². The largest absolute Gasteiger partial charge is 0.454 e. The lowest BCUT2D eigenvalue weighted by Gasteiger charge is -2.17. The lowest BCUT2D eigenvalue weighted by Crippen LogP contribution is -2.36. The standard InChI is InChI=1S/C19H22N6O4/c1-19(2,28)12-24-7-5-13(23-24)8-16(18(20)27)25-17(26)9-15(11-22-25)29-14-4-3-6-21-10-14/h3-7,9-11,16,28H,8,12H2,1-2H3,(H2,20,27). The van der Waals surface area contributed by atoms with Gasteiger partial charge in [0, 0.05) is 24.9 Å². The van der Waals surface area contributed by atoms with Crippen molar-refractivity contribution in [2.75, 3.05) is 0 Å². The first kappa shape index (κ1) is 20.2. The molecule has 0 aromatic carbocycles. The van der Waals surface area contributed by atoms with Gasteiger partial charge in [0.1, 0.15) is 11.8 Å². The Morgan fingerprint density at radius 2 is 2.10 bits per heavy atom. The van der Waals surface area contributed by atoms with Crippen LogP contribution in [-0.4, -0.2) is 41.2 Å². The molecule has 0 aliphatic rings. The fourth-order valence-corrected chi connectivity index (χ4v) is 2.74. The van der Waals surface area contributed by atoms with Gasteiger partial charge in [0.2, 0.25) is 5.91 Å². The highest BCUT2D eigenvalue weighted by Crippen LogP contribution is 2.18. The predicted octanol–water partition coefficient (Wildman–Crippen LogP) is 0.667. The van der Waals surface area contributed by atoms with Gasteiger partial charge in [-0.25, -0.2) is 4.68 Å². The summed E-state index contributed by atoms with van der Waals surface area (Å²) >= 11 is 0. The molecule has 1 amide bonds. The van der Waals surface area contributed by atoms with Crippen LogP contribution in [0.25, 0.3) is 0 Å². The second kappa shape index (κ2) is 8.23. The minimum absolute atomic E-state index is 0.0872. The number of primary amides is 1. The van der Waals surface area contributed by atoms with Crippen LogP contribution < -0.4 is 16.0 Å². The van der Waals surface area contributed by atoms with E-state index in [0.29, 0.717) is 11.4 Å². The van der Waals surface area contributed by atoms with Gasteiger partial charge in [-0.1, -0.05) is 0 Å². The van der Waals surface area contributed by atoms with Crippen LogP contribution in [0.3, 0.4) is 0 Å². The van der Waals surface area contributed by atoms with E-state index in [1.54, 1.807) is 49.1 Å². The number of aromatic nitrogens is 5. The second-order valence-electron chi connectivity index (χ2n) is 7.20. The Morgan fingerprint density at radius 3 is 2.72 bits per heavy atom. The first-order chi connectivity index (χ1) is 13.7. The Labute approximate surface area is 166 Å². The average Bonchev–Trinajstić information content (AvgIpc) is 3.06. The Morgan fingerprint density at radius 1 is 1.31 bits per heavy atom. The number of nitrogens with two attached hydrogens (primary N) is 1. The molecule has 0 bridgehead atoms. The Hall–Kier alpha value is -3.53. The van der Waals surface area contributed by atoms with Crippen molar-refractivity contribution < 1.29 is 14.6 Å². The molecule has 1 atom stereocenters. The van der Waals surface area contributed by atoms with E-state index in [9.17, 15) is 14.7 Å². The van der Waals surface area contributed by atoms with Crippen LogP contribution in [0.2, 0.25) is 0 Å². The third kappa shape index (κ3) is 5.48. The molecule has 0 spiro atoms. The van der Waals surface area contributed by atoms with Crippen molar-refractivity contribution in [3.05, 3.63) is 65.1 Å². The normalized spacial score (nSPS) is 12.5. The molecular formula is C19H22N6O4. The highest BCUT2D eigenvalue weighted by molar-refractivity contribution is 5.78. The molecule has 0 aliphatic carbocycles. The topological polar surface area (TPSA) is 138 Å². The van der Waals surface area contributed by atoms with Crippen molar-refractivity contribution in [3.63, 3.8) is 0 Å². The molecule has 1 unspecified atom stereocenters. The van der Waals surface area contributed by atoms with Crippen molar-refractivity contribution in [2.45, 2.75) is 38.5 Å². The summed E-state index contributed by atoms with van der Waals surface area (Å²) in [5.41, 5.74) is 4.58. The van der Waals surface area contributed by atoms with Crippen molar-refractivity contribution in [1.82, 2.24) is 24.5 Å². The first-order valence-corrected chi connectivity index (χ1v) is 8.92. The fourth-order valence-electron chi connectivity index (χ4n) is 2.74. The molecule has 10 nitrogen and oxygen atoms in total. The Balaban J connectivity index is 1.79. The van der Waals surface area contributed by atoms with Gasteiger partial charge in [0.15, 0.2) is 5.75 Å². The second-order valence-corrected chi connectivity index (χ2v) is 7.20. The zero-order valence-electron chi connectivity index (χ0n) is 16.1. The summed E-state index contributed by atoms with van der Waals surface area (Å²) < 4.78 is 8.10. The van der Waals surface area contributed by atoms with Crippen LogP contribution in [0, 0.1) is 0 Å². The highest BCUT2D eigenvalue weighted by Gasteiger charge is 2.23. The Bertz CT molecular complexity index is 1040. The van der Waals surface area contributed by atoms with Crippen LogP contribution in [0.1, 0.15) is 25.6 Å². The summed E-state index contributed by atoms with van der Waals surface area (Å²) in [4.78, 5) is 28.4.